The van der Waals surface area contributed by atoms with Crippen LogP contribution in [0.15, 0.2) is 54.7 Å². The predicted molar refractivity (Wildman–Crippen MR) is 82.8 cm³/mol. The molecule has 106 valence electrons. The van der Waals surface area contributed by atoms with Crippen LogP contribution >= 0.6 is 0 Å². The van der Waals surface area contributed by atoms with Gasteiger partial charge in [0.2, 0.25) is 5.91 Å². The molecule has 0 aliphatic rings. The Morgan fingerprint density at radius 1 is 1.19 bits per heavy atom. The molecule has 3 aromatic rings. The van der Waals surface area contributed by atoms with E-state index in [1.165, 1.54) is 0 Å². The molecule has 0 spiro atoms. The predicted octanol–water partition coefficient (Wildman–Crippen LogP) is 2.07. The van der Waals surface area contributed by atoms with Gasteiger partial charge in [-0.1, -0.05) is 36.4 Å². The summed E-state index contributed by atoms with van der Waals surface area (Å²) in [6.45, 7) is 0. The lowest BCUT2D eigenvalue weighted by Crippen LogP contribution is -2.37. The number of rotatable bonds is 4. The van der Waals surface area contributed by atoms with Gasteiger partial charge in [-0.25, -0.2) is 0 Å². The topological polar surface area (TPSA) is 83.8 Å². The van der Waals surface area contributed by atoms with E-state index in [0.717, 1.165) is 22.2 Å². The molecular formula is C16H16N4O. The number of hydrogen-bond donors (Lipinski definition) is 3. The lowest BCUT2D eigenvalue weighted by molar-refractivity contribution is -0.117. The van der Waals surface area contributed by atoms with Gasteiger partial charge in [-0.15, -0.1) is 0 Å². The average Bonchev–Trinajstić information content (AvgIpc) is 2.98. The standard InChI is InChI=1S/C16H16N4O/c17-13(9-11-5-2-1-3-6-11)16(21)19-14-7-4-8-15-12(14)10-18-20-15/h1-8,10,13H,9,17H2,(H,18,20)(H,19,21)/t13-/m1/s1. The van der Waals surface area contributed by atoms with Gasteiger partial charge in [0.15, 0.2) is 0 Å². The van der Waals surface area contributed by atoms with Crippen LogP contribution < -0.4 is 11.1 Å². The normalized spacial score (nSPS) is 12.2. The molecule has 1 atom stereocenters. The highest BCUT2D eigenvalue weighted by Gasteiger charge is 2.15. The number of nitrogens with zero attached hydrogens (tertiary/aromatic N) is 1. The minimum absolute atomic E-state index is 0.201. The van der Waals surface area contributed by atoms with E-state index in [-0.39, 0.29) is 5.91 Å². The fourth-order valence-corrected chi connectivity index (χ4v) is 2.26. The number of carbonyl (C=O) groups excluding carboxylic acids is 1. The van der Waals surface area contributed by atoms with Crippen LogP contribution in [0.3, 0.4) is 0 Å². The number of H-pyrrole nitrogens is 1. The molecule has 1 heterocycles. The Hall–Kier alpha value is -2.66. The maximum Gasteiger partial charge on any atom is 0.241 e. The van der Waals surface area contributed by atoms with Gasteiger partial charge in [0.25, 0.3) is 0 Å². The van der Waals surface area contributed by atoms with E-state index >= 15 is 0 Å². The lowest BCUT2D eigenvalue weighted by Gasteiger charge is -2.13. The monoisotopic (exact) mass is 280 g/mol. The molecule has 0 saturated carbocycles. The lowest BCUT2D eigenvalue weighted by atomic mass is 10.1. The van der Waals surface area contributed by atoms with Crippen molar-refractivity contribution in [3.05, 3.63) is 60.3 Å². The van der Waals surface area contributed by atoms with Gasteiger partial charge >= 0.3 is 0 Å². The maximum absolute atomic E-state index is 12.2. The van der Waals surface area contributed by atoms with E-state index in [1.807, 2.05) is 48.5 Å². The number of carbonyl (C=O) groups is 1. The minimum Gasteiger partial charge on any atom is -0.324 e. The van der Waals surface area contributed by atoms with Gasteiger partial charge in [-0.2, -0.15) is 5.10 Å². The zero-order valence-electron chi connectivity index (χ0n) is 11.4. The van der Waals surface area contributed by atoms with Gasteiger partial charge < -0.3 is 11.1 Å². The first-order chi connectivity index (χ1) is 10.2. The summed E-state index contributed by atoms with van der Waals surface area (Å²) in [6, 6.07) is 14.8. The number of aromatic nitrogens is 2. The van der Waals surface area contributed by atoms with Crippen molar-refractivity contribution in [3.8, 4) is 0 Å². The quantitative estimate of drug-likeness (QED) is 0.684. The fourth-order valence-electron chi connectivity index (χ4n) is 2.26. The van der Waals surface area contributed by atoms with Crippen molar-refractivity contribution in [2.45, 2.75) is 12.5 Å². The molecule has 1 amide bonds. The summed E-state index contributed by atoms with van der Waals surface area (Å²) in [5.74, 6) is -0.201. The van der Waals surface area contributed by atoms with Crippen LogP contribution in [0, 0.1) is 0 Å². The van der Waals surface area contributed by atoms with Crippen LogP contribution in [-0.4, -0.2) is 22.1 Å². The molecule has 4 N–H and O–H groups in total. The number of nitrogens with one attached hydrogen (secondary N) is 2. The van der Waals surface area contributed by atoms with Crippen LogP contribution in [-0.2, 0) is 11.2 Å². The first-order valence-electron chi connectivity index (χ1n) is 6.76. The molecule has 21 heavy (non-hydrogen) atoms. The highest BCUT2D eigenvalue weighted by Crippen LogP contribution is 2.21. The Morgan fingerprint density at radius 2 is 2.00 bits per heavy atom. The molecule has 1 aromatic heterocycles. The van der Waals surface area contributed by atoms with Crippen LogP contribution in [0.1, 0.15) is 5.56 Å². The van der Waals surface area contributed by atoms with Crippen LogP contribution in [0.25, 0.3) is 10.9 Å². The third-order valence-corrected chi connectivity index (χ3v) is 3.38. The van der Waals surface area contributed by atoms with E-state index in [1.54, 1.807) is 6.20 Å². The minimum atomic E-state index is -0.588. The summed E-state index contributed by atoms with van der Waals surface area (Å²) in [7, 11) is 0. The molecule has 0 fully saturated rings. The van der Waals surface area contributed by atoms with Gasteiger partial charge in [0.1, 0.15) is 0 Å². The third kappa shape index (κ3) is 2.93. The van der Waals surface area contributed by atoms with Gasteiger partial charge in [0, 0.05) is 5.39 Å². The van der Waals surface area contributed by atoms with E-state index in [2.05, 4.69) is 15.5 Å². The summed E-state index contributed by atoms with van der Waals surface area (Å²) in [6.07, 6.45) is 2.20. The number of hydrogen-bond acceptors (Lipinski definition) is 3. The van der Waals surface area contributed by atoms with Crippen molar-refractivity contribution in [2.75, 3.05) is 5.32 Å². The molecule has 2 aromatic carbocycles. The molecular weight excluding hydrogens is 264 g/mol. The molecule has 0 aliphatic carbocycles. The number of anilines is 1. The summed E-state index contributed by atoms with van der Waals surface area (Å²) < 4.78 is 0. The van der Waals surface area contributed by atoms with E-state index in [4.69, 9.17) is 5.73 Å². The molecule has 5 nitrogen and oxygen atoms in total. The smallest absolute Gasteiger partial charge is 0.241 e. The Labute approximate surface area is 122 Å². The number of amides is 1. The third-order valence-electron chi connectivity index (χ3n) is 3.38. The Kier molecular flexibility index (Phi) is 3.66. The SMILES string of the molecule is N[C@H](Cc1ccccc1)C(=O)Nc1cccc2[nH]ncc12. The number of aromatic amines is 1. The molecule has 0 radical (unpaired) electrons. The molecule has 0 saturated heterocycles. The Morgan fingerprint density at radius 3 is 2.81 bits per heavy atom. The van der Waals surface area contributed by atoms with Crippen molar-refractivity contribution in [1.82, 2.24) is 10.2 Å². The Bertz CT molecular complexity index is 751. The molecule has 0 aliphatic heterocycles. The molecule has 0 unspecified atom stereocenters. The number of nitrogens with two attached hydrogens (primary N) is 1. The van der Waals surface area contributed by atoms with E-state index in [9.17, 15) is 4.79 Å². The Balaban J connectivity index is 1.72. The van der Waals surface area contributed by atoms with Crippen molar-refractivity contribution in [1.29, 1.82) is 0 Å². The van der Waals surface area contributed by atoms with Gasteiger partial charge in [-0.3, -0.25) is 9.89 Å². The van der Waals surface area contributed by atoms with E-state index < -0.39 is 6.04 Å². The van der Waals surface area contributed by atoms with Gasteiger partial charge in [0.05, 0.1) is 23.4 Å². The van der Waals surface area contributed by atoms with Crippen molar-refractivity contribution in [2.24, 2.45) is 5.73 Å². The average molecular weight is 280 g/mol. The maximum atomic E-state index is 12.2. The van der Waals surface area contributed by atoms with E-state index in [0.29, 0.717) is 6.42 Å². The van der Waals surface area contributed by atoms with Crippen molar-refractivity contribution < 1.29 is 4.79 Å². The summed E-state index contributed by atoms with van der Waals surface area (Å²) in [5.41, 5.74) is 8.62. The van der Waals surface area contributed by atoms with Crippen LogP contribution in [0.5, 0.6) is 0 Å². The number of benzene rings is 2. The first kappa shape index (κ1) is 13.3. The summed E-state index contributed by atoms with van der Waals surface area (Å²) in [4.78, 5) is 12.2. The van der Waals surface area contributed by atoms with Crippen LogP contribution in [0.2, 0.25) is 0 Å². The van der Waals surface area contributed by atoms with Crippen LogP contribution in [0.4, 0.5) is 5.69 Å². The second kappa shape index (κ2) is 5.76. The number of fused-ring (bicyclic) bond motifs is 1. The zero-order valence-corrected chi connectivity index (χ0v) is 11.4. The molecule has 3 rings (SSSR count). The van der Waals surface area contributed by atoms with Gasteiger partial charge in [-0.05, 0) is 24.1 Å². The molecule has 5 heteroatoms. The highest BCUT2D eigenvalue weighted by atomic mass is 16.2. The first-order valence-corrected chi connectivity index (χ1v) is 6.76. The largest absolute Gasteiger partial charge is 0.324 e. The summed E-state index contributed by atoms with van der Waals surface area (Å²) >= 11 is 0. The zero-order chi connectivity index (χ0) is 14.7. The summed E-state index contributed by atoms with van der Waals surface area (Å²) in [5, 5.41) is 10.6. The highest BCUT2D eigenvalue weighted by molar-refractivity contribution is 6.02. The fraction of sp³-hybridized carbons (Fsp3) is 0.125. The van der Waals surface area contributed by atoms with Crippen molar-refractivity contribution in [3.63, 3.8) is 0 Å². The van der Waals surface area contributed by atoms with Crippen molar-refractivity contribution >= 4 is 22.5 Å². The second-order valence-electron chi connectivity index (χ2n) is 4.92. The second-order valence-corrected chi connectivity index (χ2v) is 4.92. The molecule has 0 bridgehead atoms.